The second-order valence-electron chi connectivity index (χ2n) is 9.51. The summed E-state index contributed by atoms with van der Waals surface area (Å²) in [6, 6.07) is 7.87. The molecule has 0 fully saturated rings. The van der Waals surface area contributed by atoms with Gasteiger partial charge in [-0.2, -0.15) is 0 Å². The van der Waals surface area contributed by atoms with Crippen molar-refractivity contribution < 1.29 is 28.2 Å². The number of carbonyl (C=O) groups is 1. The van der Waals surface area contributed by atoms with Gasteiger partial charge in [0.05, 0.1) is 19.8 Å². The lowest BCUT2D eigenvalue weighted by Crippen LogP contribution is -2.25. The molecule has 0 saturated carbocycles. The number of rotatable bonds is 23. The Morgan fingerprint density at radius 2 is 1.50 bits per heavy atom. The fourth-order valence-corrected chi connectivity index (χ4v) is 4.26. The molecule has 0 aliphatic carbocycles. The molecule has 1 rings (SSSR count). The molecule has 36 heavy (non-hydrogen) atoms. The van der Waals surface area contributed by atoms with Crippen molar-refractivity contribution in [1.82, 2.24) is 4.90 Å². The number of unbranched alkanes of at least 4 members (excludes halogenated alkanes) is 9. The van der Waals surface area contributed by atoms with Gasteiger partial charge in [-0.1, -0.05) is 83.8 Å². The number of hydrogen-bond donors (Lipinski definition) is 1. The van der Waals surface area contributed by atoms with Gasteiger partial charge in [0.1, 0.15) is 11.9 Å². The zero-order valence-electron chi connectivity index (χ0n) is 23.1. The predicted octanol–water partition coefficient (Wildman–Crippen LogP) is 6.66. The second kappa shape index (κ2) is 21.8. The summed E-state index contributed by atoms with van der Waals surface area (Å²) >= 11 is 0. The SMILES string of the molecule is CCCCCCCCCCCCOc1ccc(CC(COP(O)OCCN(C)C)OC(=O)CC)cc1. The summed E-state index contributed by atoms with van der Waals surface area (Å²) in [4.78, 5) is 23.8. The van der Waals surface area contributed by atoms with Gasteiger partial charge in [-0.15, -0.1) is 0 Å². The Hall–Kier alpha value is -1.24. The highest BCUT2D eigenvalue weighted by Gasteiger charge is 2.18. The zero-order valence-corrected chi connectivity index (χ0v) is 24.0. The summed E-state index contributed by atoms with van der Waals surface area (Å²) in [5.41, 5.74) is 1.01. The standard InChI is InChI=1S/C28H50NO6P/c1-5-7-8-9-10-11-12-13-14-15-21-32-26-18-16-25(17-19-26)23-27(35-28(30)6-2)24-34-36(31)33-22-20-29(3)4/h16-19,27,31H,5-15,20-24H2,1-4H3. The monoisotopic (exact) mass is 527 g/mol. The van der Waals surface area contributed by atoms with Crippen molar-refractivity contribution in [2.45, 2.75) is 97.0 Å². The van der Waals surface area contributed by atoms with Gasteiger partial charge < -0.3 is 28.3 Å². The lowest BCUT2D eigenvalue weighted by atomic mass is 10.1. The van der Waals surface area contributed by atoms with Crippen LogP contribution >= 0.6 is 8.60 Å². The summed E-state index contributed by atoms with van der Waals surface area (Å²) in [5, 5.41) is 0. The van der Waals surface area contributed by atoms with Crippen molar-refractivity contribution >= 4 is 14.6 Å². The molecule has 0 saturated heterocycles. The van der Waals surface area contributed by atoms with E-state index in [1.54, 1.807) is 6.92 Å². The minimum absolute atomic E-state index is 0.0763. The molecule has 7 nitrogen and oxygen atoms in total. The summed E-state index contributed by atoms with van der Waals surface area (Å²) in [5.74, 6) is 0.553. The molecule has 1 aromatic rings. The second-order valence-corrected chi connectivity index (χ2v) is 10.5. The number of esters is 1. The van der Waals surface area contributed by atoms with Gasteiger partial charge in [-0.05, 0) is 38.2 Å². The normalized spacial score (nSPS) is 13.1. The Kier molecular flexibility index (Phi) is 19.9. The van der Waals surface area contributed by atoms with E-state index >= 15 is 0 Å². The third-order valence-electron chi connectivity index (χ3n) is 5.85. The highest BCUT2D eigenvalue weighted by Crippen LogP contribution is 2.33. The van der Waals surface area contributed by atoms with Gasteiger partial charge in [-0.25, -0.2) is 0 Å². The molecular formula is C28H50NO6P. The molecular weight excluding hydrogens is 477 g/mol. The van der Waals surface area contributed by atoms with Crippen LogP contribution in [0.5, 0.6) is 5.75 Å². The average Bonchev–Trinajstić information content (AvgIpc) is 2.86. The van der Waals surface area contributed by atoms with E-state index in [4.69, 9.17) is 18.5 Å². The van der Waals surface area contributed by atoms with E-state index in [-0.39, 0.29) is 19.0 Å². The molecule has 0 bridgehead atoms. The van der Waals surface area contributed by atoms with E-state index < -0.39 is 14.7 Å². The first kappa shape index (κ1) is 32.8. The van der Waals surface area contributed by atoms with Crippen LogP contribution in [0.15, 0.2) is 24.3 Å². The highest BCUT2D eigenvalue weighted by molar-refractivity contribution is 7.40. The van der Waals surface area contributed by atoms with E-state index in [0.29, 0.717) is 19.6 Å². The van der Waals surface area contributed by atoms with E-state index in [2.05, 4.69) is 6.92 Å². The average molecular weight is 528 g/mol. The maximum Gasteiger partial charge on any atom is 0.330 e. The van der Waals surface area contributed by atoms with Gasteiger partial charge >= 0.3 is 14.6 Å². The molecule has 8 heteroatoms. The summed E-state index contributed by atoms with van der Waals surface area (Å²) in [6.07, 6.45) is 13.4. The molecule has 1 N–H and O–H groups in total. The summed E-state index contributed by atoms with van der Waals surface area (Å²) in [7, 11) is 1.85. The van der Waals surface area contributed by atoms with Gasteiger partial charge in [0.25, 0.3) is 0 Å². The lowest BCUT2D eigenvalue weighted by molar-refractivity contribution is -0.150. The molecule has 0 heterocycles. The fraction of sp³-hybridized carbons (Fsp3) is 0.750. The number of likely N-dealkylation sites (N-methyl/N-ethyl adjacent to an activating group) is 1. The van der Waals surface area contributed by atoms with Crippen molar-refractivity contribution in [1.29, 1.82) is 0 Å². The molecule has 2 unspecified atom stereocenters. The van der Waals surface area contributed by atoms with Crippen molar-refractivity contribution in [3.8, 4) is 5.75 Å². The zero-order chi connectivity index (χ0) is 26.4. The number of ether oxygens (including phenoxy) is 2. The van der Waals surface area contributed by atoms with Crippen LogP contribution in [0.3, 0.4) is 0 Å². The molecule has 0 spiro atoms. The molecule has 1 aromatic carbocycles. The maximum absolute atomic E-state index is 11.8. The van der Waals surface area contributed by atoms with E-state index in [0.717, 1.165) is 24.3 Å². The molecule has 2 atom stereocenters. The first-order chi connectivity index (χ1) is 17.4. The van der Waals surface area contributed by atoms with Crippen LogP contribution in [0.1, 0.15) is 90.0 Å². The highest BCUT2D eigenvalue weighted by atomic mass is 31.2. The molecule has 0 aliphatic rings. The van der Waals surface area contributed by atoms with E-state index in [9.17, 15) is 9.69 Å². The van der Waals surface area contributed by atoms with Crippen LogP contribution in [0.25, 0.3) is 0 Å². The quantitative estimate of drug-likeness (QED) is 0.0968. The minimum atomic E-state index is -2.01. The number of carbonyl (C=O) groups excluding carboxylic acids is 1. The minimum Gasteiger partial charge on any atom is -0.494 e. The van der Waals surface area contributed by atoms with E-state index in [1.165, 1.54) is 57.8 Å². The van der Waals surface area contributed by atoms with Crippen LogP contribution in [0.2, 0.25) is 0 Å². The Morgan fingerprint density at radius 1 is 0.889 bits per heavy atom. The fourth-order valence-electron chi connectivity index (χ4n) is 3.65. The van der Waals surface area contributed by atoms with Gasteiger partial charge in [0.2, 0.25) is 0 Å². The number of hydrogen-bond acceptors (Lipinski definition) is 7. The lowest BCUT2D eigenvalue weighted by Gasteiger charge is -2.20. The third kappa shape index (κ3) is 18.1. The van der Waals surface area contributed by atoms with Crippen LogP contribution in [0.4, 0.5) is 0 Å². The molecule has 0 aromatic heterocycles. The Labute approximate surface area is 220 Å². The number of benzene rings is 1. The molecule has 208 valence electrons. The van der Waals surface area contributed by atoms with Crippen LogP contribution in [0, 0.1) is 0 Å². The van der Waals surface area contributed by atoms with Gasteiger partial charge in [0, 0.05) is 19.4 Å². The van der Waals surface area contributed by atoms with Crippen LogP contribution < -0.4 is 4.74 Å². The van der Waals surface area contributed by atoms with Crippen LogP contribution in [-0.4, -0.2) is 62.3 Å². The van der Waals surface area contributed by atoms with E-state index in [1.807, 2.05) is 43.3 Å². The van der Waals surface area contributed by atoms with Gasteiger partial charge in [0.15, 0.2) is 0 Å². The molecule has 0 aliphatic heterocycles. The van der Waals surface area contributed by atoms with Gasteiger partial charge in [-0.3, -0.25) is 4.79 Å². The maximum atomic E-state index is 11.8. The predicted molar refractivity (Wildman–Crippen MR) is 147 cm³/mol. The van der Waals surface area contributed by atoms with Crippen molar-refractivity contribution in [2.24, 2.45) is 0 Å². The molecule has 0 radical (unpaired) electrons. The first-order valence-corrected chi connectivity index (χ1v) is 14.9. The number of nitrogens with zero attached hydrogens (tertiary/aromatic N) is 1. The van der Waals surface area contributed by atoms with Crippen molar-refractivity contribution in [2.75, 3.05) is 40.5 Å². The summed E-state index contributed by atoms with van der Waals surface area (Å²) < 4.78 is 22.1. The first-order valence-electron chi connectivity index (χ1n) is 13.7. The molecule has 0 amide bonds. The Morgan fingerprint density at radius 3 is 2.08 bits per heavy atom. The summed E-state index contributed by atoms with van der Waals surface area (Å²) in [6.45, 7) is 5.88. The van der Waals surface area contributed by atoms with Crippen molar-refractivity contribution in [3.63, 3.8) is 0 Å². The van der Waals surface area contributed by atoms with Crippen molar-refractivity contribution in [3.05, 3.63) is 29.8 Å². The topological polar surface area (TPSA) is 77.5 Å². The Balaban J connectivity index is 2.30. The van der Waals surface area contributed by atoms with Crippen LogP contribution in [-0.2, 0) is 25.0 Å². The third-order valence-corrected chi connectivity index (χ3v) is 6.62. The smallest absolute Gasteiger partial charge is 0.330 e. The largest absolute Gasteiger partial charge is 0.494 e. The Bertz CT molecular complexity index is 658.